The summed E-state index contributed by atoms with van der Waals surface area (Å²) in [6.07, 6.45) is 5.53. The molecule has 0 atom stereocenters. The Labute approximate surface area is 131 Å². The summed E-state index contributed by atoms with van der Waals surface area (Å²) >= 11 is 0. The first kappa shape index (κ1) is 15.9. The zero-order valence-electron chi connectivity index (χ0n) is 12.2. The van der Waals surface area contributed by atoms with Crippen molar-refractivity contribution in [1.29, 1.82) is 0 Å². The van der Waals surface area contributed by atoms with Crippen molar-refractivity contribution in [3.8, 4) is 0 Å². The van der Waals surface area contributed by atoms with Crippen molar-refractivity contribution in [2.24, 2.45) is 9.98 Å². The monoisotopic (exact) mass is 316 g/mol. The third kappa shape index (κ3) is 5.45. The second-order valence-electron chi connectivity index (χ2n) is 4.26. The number of nitrogens with two attached hydrogens (primary N) is 4. The fraction of sp³-hybridized carbons (Fsp3) is 0.273. The molecule has 0 aliphatic carbocycles. The van der Waals surface area contributed by atoms with E-state index in [2.05, 4.69) is 39.9 Å². The molecular formula is C11H16N12. The minimum atomic E-state index is 0.0349. The van der Waals surface area contributed by atoms with Crippen molar-refractivity contribution in [2.45, 2.75) is 19.3 Å². The summed E-state index contributed by atoms with van der Waals surface area (Å²) in [7, 11) is 0. The smallest absolute Gasteiger partial charge is 0.255 e. The molecule has 8 N–H and O–H groups in total. The summed E-state index contributed by atoms with van der Waals surface area (Å²) in [5.74, 6) is 0.500. The number of aromatic nitrogens is 6. The van der Waals surface area contributed by atoms with E-state index in [0.29, 0.717) is 12.8 Å². The van der Waals surface area contributed by atoms with Gasteiger partial charge < -0.3 is 22.9 Å². The summed E-state index contributed by atoms with van der Waals surface area (Å²) in [4.78, 5) is 30.7. The predicted octanol–water partition coefficient (Wildman–Crippen LogP) is -0.340. The van der Waals surface area contributed by atoms with Crippen LogP contribution in [0.15, 0.2) is 9.98 Å². The van der Waals surface area contributed by atoms with Crippen LogP contribution in [0.2, 0.25) is 0 Å². The fourth-order valence-corrected chi connectivity index (χ4v) is 1.50. The summed E-state index contributed by atoms with van der Waals surface area (Å²) in [6, 6.07) is 0. The van der Waals surface area contributed by atoms with E-state index in [4.69, 9.17) is 22.9 Å². The first-order chi connectivity index (χ1) is 11.0. The second-order valence-corrected chi connectivity index (χ2v) is 4.26. The van der Waals surface area contributed by atoms with E-state index in [-0.39, 0.29) is 35.7 Å². The van der Waals surface area contributed by atoms with Crippen molar-refractivity contribution in [1.82, 2.24) is 29.9 Å². The summed E-state index contributed by atoms with van der Waals surface area (Å²) < 4.78 is 0. The van der Waals surface area contributed by atoms with Crippen molar-refractivity contribution < 1.29 is 0 Å². The normalized spacial score (nSPS) is 11.5. The highest BCUT2D eigenvalue weighted by molar-refractivity contribution is 5.64. The molecule has 0 unspecified atom stereocenters. The molecule has 0 amide bonds. The summed E-state index contributed by atoms with van der Waals surface area (Å²) in [5, 5.41) is 0. The molecule has 0 saturated heterocycles. The van der Waals surface area contributed by atoms with Gasteiger partial charge in [0, 0.05) is 12.4 Å². The number of hydrogen-bond acceptors (Lipinski definition) is 12. The first-order valence-electron chi connectivity index (χ1n) is 6.62. The average molecular weight is 316 g/mol. The SMILES string of the molecule is Nc1nc(N)nc(N=CCCCC=Nc2nc(N)nc(N)n2)n1. The highest BCUT2D eigenvalue weighted by atomic mass is 15.2. The maximum atomic E-state index is 5.44. The molecule has 0 fully saturated rings. The van der Waals surface area contributed by atoms with E-state index in [1.807, 2.05) is 0 Å². The highest BCUT2D eigenvalue weighted by Gasteiger charge is 1.99. The van der Waals surface area contributed by atoms with Crippen LogP contribution in [-0.2, 0) is 0 Å². The van der Waals surface area contributed by atoms with Gasteiger partial charge in [-0.15, -0.1) is 0 Å². The van der Waals surface area contributed by atoms with Gasteiger partial charge in [0.15, 0.2) is 0 Å². The van der Waals surface area contributed by atoms with E-state index in [0.717, 1.165) is 6.42 Å². The zero-order valence-corrected chi connectivity index (χ0v) is 12.2. The number of rotatable bonds is 6. The first-order valence-corrected chi connectivity index (χ1v) is 6.62. The fourth-order valence-electron chi connectivity index (χ4n) is 1.50. The van der Waals surface area contributed by atoms with Crippen LogP contribution in [0.5, 0.6) is 0 Å². The molecule has 2 aromatic heterocycles. The van der Waals surface area contributed by atoms with Gasteiger partial charge in [-0.05, 0) is 19.3 Å². The summed E-state index contributed by atoms with van der Waals surface area (Å²) in [5.41, 5.74) is 21.8. The molecule has 12 heteroatoms. The van der Waals surface area contributed by atoms with E-state index in [1.54, 1.807) is 12.4 Å². The Bertz CT molecular complexity index is 623. The number of hydrogen-bond donors (Lipinski definition) is 4. The van der Waals surface area contributed by atoms with Crippen molar-refractivity contribution in [2.75, 3.05) is 22.9 Å². The molecule has 0 saturated carbocycles. The molecule has 2 heterocycles. The molecule has 0 radical (unpaired) electrons. The van der Waals surface area contributed by atoms with Crippen molar-refractivity contribution >= 4 is 48.1 Å². The van der Waals surface area contributed by atoms with Crippen LogP contribution >= 0.6 is 0 Å². The van der Waals surface area contributed by atoms with Gasteiger partial charge in [-0.3, -0.25) is 0 Å². The quantitative estimate of drug-likeness (QED) is 0.402. The van der Waals surface area contributed by atoms with Gasteiger partial charge in [-0.2, -0.15) is 29.9 Å². The standard InChI is InChI=1S/C11H16N12/c12-6-18-7(13)21-10(20-6)16-4-2-1-3-5-17-11-22-8(14)19-9(15)23-11/h4-5H,1-3H2,(H4,12,13,18,20,21)(H4,14,15,19,22,23). The molecule has 0 bridgehead atoms. The molecule has 12 nitrogen and oxygen atoms in total. The Morgan fingerprint density at radius 3 is 1.30 bits per heavy atom. The third-order valence-corrected chi connectivity index (χ3v) is 2.40. The Hall–Kier alpha value is -3.44. The van der Waals surface area contributed by atoms with Crippen LogP contribution in [0, 0.1) is 0 Å². The molecule has 0 aliphatic rings. The van der Waals surface area contributed by atoms with Gasteiger partial charge in [0.25, 0.3) is 11.9 Å². The van der Waals surface area contributed by atoms with Crippen LogP contribution in [-0.4, -0.2) is 42.3 Å². The van der Waals surface area contributed by atoms with Crippen LogP contribution in [0.25, 0.3) is 0 Å². The molecule has 0 aromatic carbocycles. The average Bonchev–Trinajstić information content (AvgIpc) is 2.44. The Morgan fingerprint density at radius 1 is 0.609 bits per heavy atom. The second kappa shape index (κ2) is 7.53. The maximum Gasteiger partial charge on any atom is 0.255 e. The molecule has 2 aromatic rings. The molecule has 120 valence electrons. The Morgan fingerprint density at radius 2 is 0.957 bits per heavy atom. The minimum Gasteiger partial charge on any atom is -0.368 e. The lowest BCUT2D eigenvalue weighted by molar-refractivity contribution is 0.938. The maximum absolute atomic E-state index is 5.44. The van der Waals surface area contributed by atoms with Crippen LogP contribution in [0.1, 0.15) is 19.3 Å². The molecule has 23 heavy (non-hydrogen) atoms. The Balaban J connectivity index is 1.77. The molecule has 0 aliphatic heterocycles. The van der Waals surface area contributed by atoms with Crippen LogP contribution in [0.3, 0.4) is 0 Å². The Kier molecular flexibility index (Phi) is 5.22. The van der Waals surface area contributed by atoms with Crippen molar-refractivity contribution in [3.05, 3.63) is 0 Å². The minimum absolute atomic E-state index is 0.0349. The third-order valence-electron chi connectivity index (χ3n) is 2.40. The van der Waals surface area contributed by atoms with Gasteiger partial charge in [-0.1, -0.05) is 0 Å². The van der Waals surface area contributed by atoms with E-state index < -0.39 is 0 Å². The van der Waals surface area contributed by atoms with Gasteiger partial charge in [0.2, 0.25) is 23.8 Å². The van der Waals surface area contributed by atoms with E-state index >= 15 is 0 Å². The lowest BCUT2D eigenvalue weighted by Gasteiger charge is -1.96. The number of unbranched alkanes of at least 4 members (excludes halogenated alkanes) is 2. The molecular weight excluding hydrogens is 300 g/mol. The van der Waals surface area contributed by atoms with Gasteiger partial charge in [-0.25, -0.2) is 9.98 Å². The van der Waals surface area contributed by atoms with Gasteiger partial charge in [0.1, 0.15) is 0 Å². The molecule has 2 rings (SSSR count). The lowest BCUT2D eigenvalue weighted by atomic mass is 10.3. The van der Waals surface area contributed by atoms with E-state index in [1.165, 1.54) is 0 Å². The van der Waals surface area contributed by atoms with Crippen LogP contribution in [0.4, 0.5) is 35.7 Å². The number of aliphatic imine (C=N–C) groups is 2. The number of anilines is 4. The zero-order chi connectivity index (χ0) is 16.7. The predicted molar refractivity (Wildman–Crippen MR) is 87.5 cm³/mol. The largest absolute Gasteiger partial charge is 0.368 e. The summed E-state index contributed by atoms with van der Waals surface area (Å²) in [6.45, 7) is 0. The number of nitrogen functional groups attached to an aromatic ring is 4. The van der Waals surface area contributed by atoms with Gasteiger partial charge in [0.05, 0.1) is 0 Å². The molecule has 0 spiro atoms. The van der Waals surface area contributed by atoms with E-state index in [9.17, 15) is 0 Å². The number of nitrogens with zero attached hydrogens (tertiary/aromatic N) is 8. The van der Waals surface area contributed by atoms with Crippen LogP contribution < -0.4 is 22.9 Å². The van der Waals surface area contributed by atoms with Gasteiger partial charge >= 0.3 is 0 Å². The lowest BCUT2D eigenvalue weighted by Crippen LogP contribution is -2.01. The topological polar surface area (TPSA) is 206 Å². The highest BCUT2D eigenvalue weighted by Crippen LogP contribution is 2.08. The van der Waals surface area contributed by atoms with Crippen molar-refractivity contribution in [3.63, 3.8) is 0 Å².